The normalized spacial score (nSPS) is 30.2. The fraction of sp³-hybridized carbons (Fsp3) is 0.870. The second kappa shape index (κ2) is 8.14. The summed E-state index contributed by atoms with van der Waals surface area (Å²) in [5.41, 5.74) is 3.16. The summed E-state index contributed by atoms with van der Waals surface area (Å²) in [5, 5.41) is 8.02. The molecule has 1 aromatic rings. The van der Waals surface area contributed by atoms with Gasteiger partial charge in [0, 0.05) is 43.9 Å². The van der Waals surface area contributed by atoms with Crippen LogP contribution in [0.4, 0.5) is 8.78 Å². The van der Waals surface area contributed by atoms with Crippen molar-refractivity contribution >= 4 is 0 Å². The second-order valence-corrected chi connectivity index (χ2v) is 10.7. The average molecular weight is 425 g/mol. The molecule has 30 heavy (non-hydrogen) atoms. The number of hydrogen-bond donors (Lipinski definition) is 1. The molecule has 1 saturated heterocycles. The molecule has 0 radical (unpaired) electrons. The highest BCUT2D eigenvalue weighted by atomic mass is 19.3. The Kier molecular flexibility index (Phi) is 6.01. The molecule has 2 fully saturated rings. The molecule has 1 aromatic heterocycles. The third-order valence-electron chi connectivity index (χ3n) is 7.33. The Hall–Kier alpha value is -1.05. The van der Waals surface area contributed by atoms with Crippen molar-refractivity contribution in [1.82, 2.24) is 20.0 Å². The molecule has 7 heteroatoms. The van der Waals surface area contributed by atoms with Gasteiger partial charge in [0.25, 0.3) is 5.92 Å². The zero-order valence-electron chi connectivity index (χ0n) is 19.1. The van der Waals surface area contributed by atoms with Gasteiger partial charge in [0.2, 0.25) is 0 Å². The van der Waals surface area contributed by atoms with Crippen molar-refractivity contribution in [2.24, 2.45) is 5.41 Å². The van der Waals surface area contributed by atoms with Crippen molar-refractivity contribution in [3.05, 3.63) is 17.0 Å². The van der Waals surface area contributed by atoms with E-state index in [1.165, 1.54) is 0 Å². The summed E-state index contributed by atoms with van der Waals surface area (Å²) < 4.78 is 36.8. The lowest BCUT2D eigenvalue weighted by molar-refractivity contribution is -0.0313. The van der Waals surface area contributed by atoms with Crippen molar-refractivity contribution in [2.45, 2.75) is 89.3 Å². The SMILES string of the molecule is CNCCN(C)Cc1nn2c(c1C1CCC3(CC1)CC(C)(C)CO3)CC(F)(F)CC2. The standard InChI is InChI=1S/C23H38F2N4O/c1-21(2)15-22(30-16-21)7-5-17(6-8-22)20-18(14-28(4)12-10-26-3)27-29-11-9-23(24,25)13-19(20)29/h17,26H,5-16H2,1-4H3. The molecular formula is C23H38F2N4O. The quantitative estimate of drug-likeness (QED) is 0.751. The van der Waals surface area contributed by atoms with Crippen molar-refractivity contribution < 1.29 is 13.5 Å². The van der Waals surface area contributed by atoms with Crippen molar-refractivity contribution in [3.63, 3.8) is 0 Å². The van der Waals surface area contributed by atoms with Crippen LogP contribution in [0.3, 0.4) is 0 Å². The Morgan fingerprint density at radius 3 is 2.60 bits per heavy atom. The summed E-state index contributed by atoms with van der Waals surface area (Å²) in [6.45, 7) is 8.24. The van der Waals surface area contributed by atoms with Crippen molar-refractivity contribution in [2.75, 3.05) is 33.8 Å². The highest BCUT2D eigenvalue weighted by molar-refractivity contribution is 5.33. The largest absolute Gasteiger partial charge is 0.374 e. The average Bonchev–Trinajstić information content (AvgIpc) is 3.16. The van der Waals surface area contributed by atoms with Crippen LogP contribution in [0.25, 0.3) is 0 Å². The number of fused-ring (bicyclic) bond motifs is 1. The van der Waals surface area contributed by atoms with Crippen LogP contribution in [-0.4, -0.2) is 60.0 Å². The van der Waals surface area contributed by atoms with E-state index in [-0.39, 0.29) is 23.9 Å². The first-order valence-corrected chi connectivity index (χ1v) is 11.6. The number of halogens is 2. The van der Waals surface area contributed by atoms with Crippen LogP contribution in [0.1, 0.15) is 75.2 Å². The summed E-state index contributed by atoms with van der Waals surface area (Å²) in [4.78, 5) is 2.24. The highest BCUT2D eigenvalue weighted by Crippen LogP contribution is 2.51. The van der Waals surface area contributed by atoms with Gasteiger partial charge in [-0.2, -0.15) is 5.10 Å². The van der Waals surface area contributed by atoms with E-state index < -0.39 is 5.92 Å². The Morgan fingerprint density at radius 2 is 1.97 bits per heavy atom. The van der Waals surface area contributed by atoms with Crippen LogP contribution in [0.15, 0.2) is 0 Å². The predicted octanol–water partition coefficient (Wildman–Crippen LogP) is 3.96. The third kappa shape index (κ3) is 4.58. The summed E-state index contributed by atoms with van der Waals surface area (Å²) in [5.74, 6) is -2.30. The van der Waals surface area contributed by atoms with Gasteiger partial charge in [-0.3, -0.25) is 9.58 Å². The molecule has 0 bridgehead atoms. The molecular weight excluding hydrogens is 386 g/mol. The van der Waals surface area contributed by atoms with Crippen molar-refractivity contribution in [1.29, 1.82) is 0 Å². The van der Waals surface area contributed by atoms with Crippen LogP contribution in [0.5, 0.6) is 0 Å². The molecule has 3 heterocycles. The number of ether oxygens (including phenoxy) is 1. The van der Waals surface area contributed by atoms with Gasteiger partial charge >= 0.3 is 0 Å². The number of likely N-dealkylation sites (N-methyl/N-ethyl adjacent to an activating group) is 2. The van der Waals surface area contributed by atoms with E-state index in [1.54, 1.807) is 0 Å². The molecule has 2 aliphatic heterocycles. The van der Waals surface area contributed by atoms with Gasteiger partial charge in [-0.05, 0) is 57.5 Å². The number of nitrogens with zero attached hydrogens (tertiary/aromatic N) is 3. The monoisotopic (exact) mass is 424 g/mol. The molecule has 0 unspecified atom stereocenters. The minimum absolute atomic E-state index is 0.000906. The van der Waals surface area contributed by atoms with Gasteiger partial charge < -0.3 is 10.1 Å². The molecule has 4 rings (SSSR count). The van der Waals surface area contributed by atoms with E-state index >= 15 is 0 Å². The Labute approximate surface area is 179 Å². The molecule has 1 N–H and O–H groups in total. The first-order valence-electron chi connectivity index (χ1n) is 11.6. The topological polar surface area (TPSA) is 42.3 Å². The maximum absolute atomic E-state index is 14.3. The van der Waals surface area contributed by atoms with E-state index in [9.17, 15) is 8.78 Å². The van der Waals surface area contributed by atoms with Crippen LogP contribution in [0, 0.1) is 5.41 Å². The maximum atomic E-state index is 14.3. The van der Waals surface area contributed by atoms with Gasteiger partial charge in [0.05, 0.1) is 24.3 Å². The summed E-state index contributed by atoms with van der Waals surface area (Å²) in [6, 6.07) is 0. The summed E-state index contributed by atoms with van der Waals surface area (Å²) >= 11 is 0. The molecule has 5 nitrogen and oxygen atoms in total. The Morgan fingerprint density at radius 1 is 1.23 bits per heavy atom. The third-order valence-corrected chi connectivity index (χ3v) is 7.33. The summed E-state index contributed by atoms with van der Waals surface area (Å²) in [6.07, 6.45) is 4.90. The molecule has 0 amide bonds. The van der Waals surface area contributed by atoms with E-state index in [4.69, 9.17) is 9.84 Å². The fourth-order valence-electron chi connectivity index (χ4n) is 5.84. The summed E-state index contributed by atoms with van der Waals surface area (Å²) in [7, 11) is 4.03. The molecule has 3 aliphatic rings. The minimum atomic E-state index is -2.62. The molecule has 1 saturated carbocycles. The first-order chi connectivity index (χ1) is 14.1. The predicted molar refractivity (Wildman–Crippen MR) is 114 cm³/mol. The fourth-order valence-corrected chi connectivity index (χ4v) is 5.84. The van der Waals surface area contributed by atoms with Crippen molar-refractivity contribution in [3.8, 4) is 0 Å². The number of aromatic nitrogens is 2. The zero-order valence-corrected chi connectivity index (χ0v) is 19.1. The lowest BCUT2D eigenvalue weighted by Crippen LogP contribution is -2.35. The van der Waals surface area contributed by atoms with E-state index in [1.807, 2.05) is 11.7 Å². The number of nitrogens with one attached hydrogen (secondary N) is 1. The van der Waals surface area contributed by atoms with E-state index in [0.717, 1.165) is 68.8 Å². The molecule has 170 valence electrons. The Bertz CT molecular complexity index is 753. The number of alkyl halides is 2. The van der Waals surface area contributed by atoms with Crippen LogP contribution < -0.4 is 5.32 Å². The van der Waals surface area contributed by atoms with Gasteiger partial charge in [-0.1, -0.05) is 13.8 Å². The van der Waals surface area contributed by atoms with Gasteiger partial charge in [-0.15, -0.1) is 0 Å². The maximum Gasteiger partial charge on any atom is 0.255 e. The van der Waals surface area contributed by atoms with Gasteiger partial charge in [0.1, 0.15) is 0 Å². The zero-order chi connectivity index (χ0) is 21.6. The molecule has 0 atom stereocenters. The van der Waals surface area contributed by atoms with Crippen LogP contribution in [-0.2, 0) is 24.2 Å². The molecule has 1 spiro atoms. The second-order valence-electron chi connectivity index (χ2n) is 10.7. The van der Waals surface area contributed by atoms with E-state index in [0.29, 0.717) is 19.0 Å². The van der Waals surface area contributed by atoms with E-state index in [2.05, 4.69) is 31.1 Å². The van der Waals surface area contributed by atoms with Crippen LogP contribution >= 0.6 is 0 Å². The van der Waals surface area contributed by atoms with Gasteiger partial charge in [-0.25, -0.2) is 8.78 Å². The van der Waals surface area contributed by atoms with Gasteiger partial charge in [0.15, 0.2) is 0 Å². The van der Waals surface area contributed by atoms with Crippen LogP contribution in [0.2, 0.25) is 0 Å². The number of rotatable bonds is 6. The first kappa shape index (κ1) is 22.2. The number of aryl methyl sites for hydroxylation is 1. The minimum Gasteiger partial charge on any atom is -0.374 e. The number of hydrogen-bond acceptors (Lipinski definition) is 4. The molecule has 0 aromatic carbocycles. The lowest BCUT2D eigenvalue weighted by Gasteiger charge is -2.38. The highest BCUT2D eigenvalue weighted by Gasteiger charge is 2.47. The lowest BCUT2D eigenvalue weighted by atomic mass is 9.71. The Balaban J connectivity index is 1.56. The molecule has 1 aliphatic carbocycles. The smallest absolute Gasteiger partial charge is 0.255 e.